The molecular formula is C22H26N2O3. The van der Waals surface area contributed by atoms with Crippen LogP contribution in [0.1, 0.15) is 67.4 Å². The number of benzene rings is 1. The maximum atomic E-state index is 13.3. The fraction of sp³-hybridized carbons (Fsp3) is 0.409. The van der Waals surface area contributed by atoms with Gasteiger partial charge in [0.15, 0.2) is 5.78 Å². The highest BCUT2D eigenvalue weighted by Gasteiger charge is 2.35. The summed E-state index contributed by atoms with van der Waals surface area (Å²) in [4.78, 5) is 38.8. The second kappa shape index (κ2) is 6.48. The Morgan fingerprint density at radius 2 is 1.70 bits per heavy atom. The van der Waals surface area contributed by atoms with E-state index in [4.69, 9.17) is 0 Å². The summed E-state index contributed by atoms with van der Waals surface area (Å²) in [5.74, 6) is -0.492. The van der Waals surface area contributed by atoms with Crippen molar-refractivity contribution in [3.05, 3.63) is 63.6 Å². The number of amides is 1. The summed E-state index contributed by atoms with van der Waals surface area (Å²) in [5, 5.41) is 2.83. The van der Waals surface area contributed by atoms with Gasteiger partial charge in [0.25, 0.3) is 11.5 Å². The molecule has 27 heavy (non-hydrogen) atoms. The Morgan fingerprint density at radius 1 is 1.07 bits per heavy atom. The van der Waals surface area contributed by atoms with Crippen LogP contribution in [0, 0.1) is 5.41 Å². The van der Waals surface area contributed by atoms with Gasteiger partial charge in [0, 0.05) is 28.9 Å². The van der Waals surface area contributed by atoms with Crippen molar-refractivity contribution in [1.82, 2.24) is 9.88 Å². The van der Waals surface area contributed by atoms with Gasteiger partial charge in [0.05, 0.1) is 0 Å². The van der Waals surface area contributed by atoms with E-state index in [0.29, 0.717) is 29.8 Å². The van der Waals surface area contributed by atoms with E-state index in [9.17, 15) is 14.4 Å². The van der Waals surface area contributed by atoms with Crippen molar-refractivity contribution in [2.24, 2.45) is 5.41 Å². The molecule has 0 atom stereocenters. The molecule has 1 aromatic carbocycles. The molecule has 5 heteroatoms. The summed E-state index contributed by atoms with van der Waals surface area (Å²) in [7, 11) is 0. The standard InChI is InChI=1S/C22H26N2O3/c1-21(2,3)23-19(26)16-11-15-17(12-22(4,5)13-18(15)25)24(20(16)27)14-9-7-6-8-10-14/h6-11H,12-13H2,1-5H3,(H,23,26). The largest absolute Gasteiger partial charge is 0.347 e. The lowest BCUT2D eigenvalue weighted by molar-refractivity contribution is 0.0908. The number of carbonyl (C=O) groups is 2. The second-order valence-electron chi connectivity index (χ2n) is 9.04. The molecule has 0 radical (unpaired) electrons. The van der Waals surface area contributed by atoms with Gasteiger partial charge >= 0.3 is 0 Å². The Hall–Kier alpha value is -2.69. The Labute approximate surface area is 159 Å². The lowest BCUT2D eigenvalue weighted by Gasteiger charge is -2.32. The van der Waals surface area contributed by atoms with Gasteiger partial charge in [-0.2, -0.15) is 0 Å². The highest BCUT2D eigenvalue weighted by atomic mass is 16.2. The molecular weight excluding hydrogens is 340 g/mol. The number of rotatable bonds is 2. The summed E-state index contributed by atoms with van der Waals surface area (Å²) in [6.45, 7) is 9.61. The first-order valence-corrected chi connectivity index (χ1v) is 9.19. The van der Waals surface area contributed by atoms with E-state index in [1.165, 1.54) is 10.6 Å². The van der Waals surface area contributed by atoms with Crippen LogP contribution in [0.5, 0.6) is 0 Å². The smallest absolute Gasteiger partial charge is 0.268 e. The van der Waals surface area contributed by atoms with E-state index in [1.54, 1.807) is 0 Å². The highest BCUT2D eigenvalue weighted by molar-refractivity contribution is 6.02. The van der Waals surface area contributed by atoms with Crippen LogP contribution in [0.4, 0.5) is 0 Å². The first-order valence-electron chi connectivity index (χ1n) is 9.19. The minimum Gasteiger partial charge on any atom is -0.347 e. The van der Waals surface area contributed by atoms with Crippen LogP contribution < -0.4 is 10.9 Å². The third-order valence-corrected chi connectivity index (χ3v) is 4.64. The number of Topliss-reactive ketones (excluding diaryl/α,β-unsaturated/α-hetero) is 1. The average Bonchev–Trinajstić information content (AvgIpc) is 2.52. The molecule has 1 aromatic heterocycles. The maximum Gasteiger partial charge on any atom is 0.268 e. The van der Waals surface area contributed by atoms with Gasteiger partial charge in [0.2, 0.25) is 0 Å². The van der Waals surface area contributed by atoms with Crippen molar-refractivity contribution in [2.45, 2.75) is 53.0 Å². The van der Waals surface area contributed by atoms with Gasteiger partial charge in [-0.15, -0.1) is 0 Å². The summed E-state index contributed by atoms with van der Waals surface area (Å²) >= 11 is 0. The fourth-order valence-corrected chi connectivity index (χ4v) is 3.53. The second-order valence-corrected chi connectivity index (χ2v) is 9.04. The first-order chi connectivity index (χ1) is 12.5. The molecule has 1 N–H and O–H groups in total. The molecule has 1 aliphatic rings. The lowest BCUT2D eigenvalue weighted by atomic mass is 9.75. The number of nitrogens with zero attached hydrogens (tertiary/aromatic N) is 1. The van der Waals surface area contributed by atoms with Gasteiger partial charge in [-0.25, -0.2) is 0 Å². The number of ketones is 1. The molecule has 3 rings (SSSR count). The fourth-order valence-electron chi connectivity index (χ4n) is 3.53. The van der Waals surface area contributed by atoms with E-state index in [-0.39, 0.29) is 16.8 Å². The van der Waals surface area contributed by atoms with E-state index in [2.05, 4.69) is 5.32 Å². The molecule has 142 valence electrons. The molecule has 0 spiro atoms. The monoisotopic (exact) mass is 366 g/mol. The predicted molar refractivity (Wildman–Crippen MR) is 106 cm³/mol. The molecule has 0 unspecified atom stereocenters. The average molecular weight is 366 g/mol. The zero-order chi connectivity index (χ0) is 20.0. The summed E-state index contributed by atoms with van der Waals surface area (Å²) in [5.41, 5.74) is 0.699. The topological polar surface area (TPSA) is 68.2 Å². The van der Waals surface area contributed by atoms with Gasteiger partial charge in [-0.3, -0.25) is 19.0 Å². The van der Waals surface area contributed by atoms with Crippen LogP contribution >= 0.6 is 0 Å². The van der Waals surface area contributed by atoms with Crippen molar-refractivity contribution < 1.29 is 9.59 Å². The Bertz CT molecular complexity index is 964. The quantitative estimate of drug-likeness (QED) is 0.884. The van der Waals surface area contributed by atoms with E-state index < -0.39 is 17.0 Å². The number of pyridine rings is 1. The summed E-state index contributed by atoms with van der Waals surface area (Å²) < 4.78 is 1.53. The number of fused-ring (bicyclic) bond motifs is 1. The first kappa shape index (κ1) is 19.1. The third-order valence-electron chi connectivity index (χ3n) is 4.64. The maximum absolute atomic E-state index is 13.3. The third kappa shape index (κ3) is 3.87. The normalized spacial score (nSPS) is 16.0. The number of para-hydroxylation sites is 1. The van der Waals surface area contributed by atoms with Crippen molar-refractivity contribution >= 4 is 11.7 Å². The zero-order valence-electron chi connectivity index (χ0n) is 16.6. The number of nitrogens with one attached hydrogen (secondary N) is 1. The van der Waals surface area contributed by atoms with Crippen molar-refractivity contribution in [1.29, 1.82) is 0 Å². The molecule has 1 amide bonds. The molecule has 0 bridgehead atoms. The lowest BCUT2D eigenvalue weighted by Crippen LogP contribution is -2.44. The minimum atomic E-state index is -0.483. The molecule has 2 aromatic rings. The van der Waals surface area contributed by atoms with Crippen LogP contribution in [-0.4, -0.2) is 21.8 Å². The molecule has 1 aliphatic carbocycles. The van der Waals surface area contributed by atoms with Crippen molar-refractivity contribution in [3.8, 4) is 5.69 Å². The Kier molecular flexibility index (Phi) is 4.58. The number of carbonyl (C=O) groups excluding carboxylic acids is 2. The molecule has 0 fully saturated rings. The van der Waals surface area contributed by atoms with Gasteiger partial charge < -0.3 is 5.32 Å². The summed E-state index contributed by atoms with van der Waals surface area (Å²) in [6.07, 6.45) is 0.993. The predicted octanol–water partition coefficient (Wildman–Crippen LogP) is 3.52. The van der Waals surface area contributed by atoms with E-state index in [0.717, 1.165) is 0 Å². The van der Waals surface area contributed by atoms with Crippen LogP contribution in [0.3, 0.4) is 0 Å². The molecule has 0 saturated heterocycles. The number of hydrogen-bond donors (Lipinski definition) is 1. The van der Waals surface area contributed by atoms with E-state index in [1.807, 2.05) is 65.0 Å². The van der Waals surface area contributed by atoms with E-state index >= 15 is 0 Å². The molecule has 0 saturated carbocycles. The van der Waals surface area contributed by atoms with Crippen molar-refractivity contribution in [2.75, 3.05) is 0 Å². The minimum absolute atomic E-state index is 0.000541. The SMILES string of the molecule is CC1(C)CC(=O)c2cc(C(=O)NC(C)(C)C)c(=O)n(-c3ccccc3)c2C1. The molecule has 5 nitrogen and oxygen atoms in total. The van der Waals surface area contributed by atoms with Gasteiger partial charge in [-0.1, -0.05) is 32.0 Å². The van der Waals surface area contributed by atoms with Crippen LogP contribution in [-0.2, 0) is 6.42 Å². The van der Waals surface area contributed by atoms with Crippen LogP contribution in [0.15, 0.2) is 41.2 Å². The van der Waals surface area contributed by atoms with Crippen molar-refractivity contribution in [3.63, 3.8) is 0 Å². The molecule has 0 aliphatic heterocycles. The number of aromatic nitrogens is 1. The highest BCUT2D eigenvalue weighted by Crippen LogP contribution is 2.35. The summed E-state index contributed by atoms with van der Waals surface area (Å²) in [6, 6.07) is 10.7. The van der Waals surface area contributed by atoms with Gasteiger partial charge in [-0.05, 0) is 50.8 Å². The van der Waals surface area contributed by atoms with Gasteiger partial charge in [0.1, 0.15) is 5.56 Å². The Balaban J connectivity index is 2.29. The zero-order valence-corrected chi connectivity index (χ0v) is 16.6. The van der Waals surface area contributed by atoms with Crippen LogP contribution in [0.2, 0.25) is 0 Å². The Morgan fingerprint density at radius 3 is 2.30 bits per heavy atom. The van der Waals surface area contributed by atoms with Crippen LogP contribution in [0.25, 0.3) is 5.69 Å². The number of hydrogen-bond acceptors (Lipinski definition) is 3. The molecule has 1 heterocycles.